The molecular formula is C12H10N2O5. The average Bonchev–Trinajstić information content (AvgIpc) is 2.80. The van der Waals surface area contributed by atoms with Crippen LogP contribution in [0, 0.1) is 0 Å². The van der Waals surface area contributed by atoms with Crippen molar-refractivity contribution in [2.45, 2.75) is 0 Å². The van der Waals surface area contributed by atoms with Crippen molar-refractivity contribution >= 4 is 5.97 Å². The number of benzene rings is 1. The smallest absolute Gasteiger partial charge is 0.354 e. The van der Waals surface area contributed by atoms with Crippen molar-refractivity contribution in [2.75, 3.05) is 13.2 Å². The summed E-state index contributed by atoms with van der Waals surface area (Å²) in [7, 11) is 0. The van der Waals surface area contributed by atoms with E-state index in [-0.39, 0.29) is 5.69 Å². The Morgan fingerprint density at radius 1 is 1.26 bits per heavy atom. The van der Waals surface area contributed by atoms with E-state index in [1.54, 1.807) is 18.2 Å². The summed E-state index contributed by atoms with van der Waals surface area (Å²) in [5.41, 5.74) is -0.247. The van der Waals surface area contributed by atoms with Gasteiger partial charge in [0.1, 0.15) is 13.2 Å². The maximum Gasteiger partial charge on any atom is 0.354 e. The van der Waals surface area contributed by atoms with Gasteiger partial charge in [0.2, 0.25) is 0 Å². The van der Waals surface area contributed by atoms with Crippen LogP contribution >= 0.6 is 0 Å². The summed E-state index contributed by atoms with van der Waals surface area (Å²) in [6, 6.07) is 4.83. The molecule has 1 aromatic heterocycles. The van der Waals surface area contributed by atoms with Gasteiger partial charge in [-0.2, -0.15) is 0 Å². The van der Waals surface area contributed by atoms with Gasteiger partial charge in [-0.25, -0.2) is 9.59 Å². The number of imidazole rings is 1. The first-order valence-electron chi connectivity index (χ1n) is 5.60. The molecule has 0 spiro atoms. The highest BCUT2D eigenvalue weighted by Gasteiger charge is 2.17. The number of ether oxygens (including phenoxy) is 2. The molecule has 0 fully saturated rings. The van der Waals surface area contributed by atoms with Crippen molar-refractivity contribution in [1.82, 2.24) is 9.55 Å². The predicted octanol–water partition coefficient (Wildman–Crippen LogP) is 0.635. The largest absolute Gasteiger partial charge is 0.486 e. The Kier molecular flexibility index (Phi) is 2.52. The number of H-pyrrole nitrogens is 1. The molecule has 3 rings (SSSR count). The second-order valence-electron chi connectivity index (χ2n) is 3.95. The number of aromatic amines is 1. The molecule has 0 amide bonds. The average molecular weight is 262 g/mol. The first kappa shape index (κ1) is 11.4. The number of hydrogen-bond donors (Lipinski definition) is 2. The van der Waals surface area contributed by atoms with E-state index >= 15 is 0 Å². The number of nitrogens with one attached hydrogen (secondary N) is 1. The van der Waals surface area contributed by atoms with Crippen LogP contribution in [0.3, 0.4) is 0 Å². The minimum Gasteiger partial charge on any atom is -0.486 e. The third-order valence-corrected chi connectivity index (χ3v) is 2.78. The Hall–Kier alpha value is -2.70. The van der Waals surface area contributed by atoms with Crippen LogP contribution in [0.25, 0.3) is 5.69 Å². The molecule has 7 heteroatoms. The summed E-state index contributed by atoms with van der Waals surface area (Å²) in [6.45, 7) is 0.890. The molecule has 2 aromatic rings. The topological polar surface area (TPSA) is 93.6 Å². The van der Waals surface area contributed by atoms with Crippen molar-refractivity contribution < 1.29 is 19.4 Å². The molecule has 0 unspecified atom stereocenters. The lowest BCUT2D eigenvalue weighted by atomic mass is 10.2. The van der Waals surface area contributed by atoms with Gasteiger partial charge in [-0.15, -0.1) is 0 Å². The highest BCUT2D eigenvalue weighted by molar-refractivity contribution is 5.86. The fourth-order valence-corrected chi connectivity index (χ4v) is 1.95. The number of carboxylic acid groups (broad SMARTS) is 1. The normalized spacial score (nSPS) is 13.3. The van der Waals surface area contributed by atoms with Crippen LogP contribution in [0.1, 0.15) is 10.5 Å². The lowest BCUT2D eigenvalue weighted by Gasteiger charge is -2.19. The predicted molar refractivity (Wildman–Crippen MR) is 64.3 cm³/mol. The van der Waals surface area contributed by atoms with Crippen LogP contribution in [0.5, 0.6) is 11.5 Å². The van der Waals surface area contributed by atoms with Crippen molar-refractivity contribution in [2.24, 2.45) is 0 Å². The molecule has 1 aliphatic heterocycles. The minimum atomic E-state index is -1.19. The molecule has 2 heterocycles. The molecule has 0 saturated heterocycles. The van der Waals surface area contributed by atoms with E-state index in [2.05, 4.69) is 4.98 Å². The lowest BCUT2D eigenvalue weighted by molar-refractivity contribution is 0.0688. The Balaban J connectivity index is 2.15. The van der Waals surface area contributed by atoms with Crippen molar-refractivity contribution in [3.05, 3.63) is 40.6 Å². The quantitative estimate of drug-likeness (QED) is 0.828. The molecule has 0 radical (unpaired) electrons. The van der Waals surface area contributed by atoms with E-state index in [4.69, 9.17) is 14.6 Å². The third kappa shape index (κ3) is 1.85. The van der Waals surface area contributed by atoms with Crippen LogP contribution in [0.2, 0.25) is 0 Å². The van der Waals surface area contributed by atoms with E-state index in [0.717, 1.165) is 10.8 Å². The molecule has 1 aliphatic rings. The van der Waals surface area contributed by atoms with E-state index in [0.29, 0.717) is 30.4 Å². The number of fused-ring (bicyclic) bond motifs is 1. The molecule has 0 atom stereocenters. The van der Waals surface area contributed by atoms with E-state index in [9.17, 15) is 9.59 Å². The van der Waals surface area contributed by atoms with Gasteiger partial charge in [-0.05, 0) is 12.1 Å². The Morgan fingerprint density at radius 2 is 2.00 bits per heavy atom. The number of aromatic carboxylic acids is 1. The summed E-state index contributed by atoms with van der Waals surface area (Å²) in [5.74, 6) is -0.114. The minimum absolute atomic E-state index is 0.137. The summed E-state index contributed by atoms with van der Waals surface area (Å²) in [6.07, 6.45) is 1.15. The Bertz CT molecular complexity index is 700. The van der Waals surface area contributed by atoms with Gasteiger partial charge in [0.05, 0.1) is 5.69 Å². The summed E-state index contributed by atoms with van der Waals surface area (Å²) in [4.78, 5) is 25.1. The van der Waals surface area contributed by atoms with Gasteiger partial charge in [0.15, 0.2) is 17.2 Å². The number of aromatic nitrogens is 2. The maximum absolute atomic E-state index is 11.7. The Morgan fingerprint density at radius 3 is 2.74 bits per heavy atom. The fraction of sp³-hybridized carbons (Fsp3) is 0.167. The van der Waals surface area contributed by atoms with Crippen LogP contribution in [0.4, 0.5) is 0 Å². The SMILES string of the molecule is O=C(O)c1c[nH]c(=O)n1-c1ccc2c(c1)OCCO2. The van der Waals surface area contributed by atoms with E-state index in [1.165, 1.54) is 0 Å². The standard InChI is InChI=1S/C12H10N2O5/c15-11(16)8-6-13-12(17)14(8)7-1-2-9-10(5-7)19-4-3-18-9/h1-2,5-6H,3-4H2,(H,13,17)(H,15,16). The van der Waals surface area contributed by atoms with Crippen molar-refractivity contribution in [3.8, 4) is 17.2 Å². The van der Waals surface area contributed by atoms with Crippen LogP contribution in [-0.2, 0) is 0 Å². The van der Waals surface area contributed by atoms with Crippen LogP contribution in [-0.4, -0.2) is 33.8 Å². The summed E-state index contributed by atoms with van der Waals surface area (Å²) < 4.78 is 11.8. The monoisotopic (exact) mass is 262 g/mol. The molecule has 1 aromatic carbocycles. The summed E-state index contributed by atoms with van der Waals surface area (Å²) in [5, 5.41) is 9.04. The third-order valence-electron chi connectivity index (χ3n) is 2.78. The molecule has 0 saturated carbocycles. The number of hydrogen-bond acceptors (Lipinski definition) is 4. The van der Waals surface area contributed by atoms with Crippen LogP contribution < -0.4 is 15.2 Å². The number of rotatable bonds is 2. The van der Waals surface area contributed by atoms with Gasteiger partial charge >= 0.3 is 11.7 Å². The van der Waals surface area contributed by atoms with Gasteiger partial charge in [-0.1, -0.05) is 0 Å². The van der Waals surface area contributed by atoms with Gasteiger partial charge in [-0.3, -0.25) is 4.57 Å². The zero-order valence-electron chi connectivity index (χ0n) is 9.75. The summed E-state index contributed by atoms with van der Waals surface area (Å²) >= 11 is 0. The molecule has 0 aliphatic carbocycles. The van der Waals surface area contributed by atoms with Gasteiger partial charge in [0, 0.05) is 12.3 Å². The van der Waals surface area contributed by atoms with Crippen molar-refractivity contribution in [3.63, 3.8) is 0 Å². The first-order chi connectivity index (χ1) is 9.16. The molecule has 7 nitrogen and oxygen atoms in total. The highest BCUT2D eigenvalue weighted by atomic mass is 16.6. The molecule has 0 bridgehead atoms. The van der Waals surface area contributed by atoms with Gasteiger partial charge < -0.3 is 19.6 Å². The van der Waals surface area contributed by atoms with Crippen molar-refractivity contribution in [1.29, 1.82) is 0 Å². The molecule has 98 valence electrons. The highest BCUT2D eigenvalue weighted by Crippen LogP contribution is 2.31. The number of carbonyl (C=O) groups is 1. The van der Waals surface area contributed by atoms with E-state index < -0.39 is 11.7 Å². The first-order valence-corrected chi connectivity index (χ1v) is 5.60. The Labute approximate surface area is 107 Å². The zero-order valence-corrected chi connectivity index (χ0v) is 9.75. The number of carboxylic acids is 1. The fourth-order valence-electron chi connectivity index (χ4n) is 1.95. The second-order valence-corrected chi connectivity index (χ2v) is 3.95. The van der Waals surface area contributed by atoms with Gasteiger partial charge in [0.25, 0.3) is 0 Å². The second kappa shape index (κ2) is 4.20. The lowest BCUT2D eigenvalue weighted by Crippen LogP contribution is -2.20. The molecule has 19 heavy (non-hydrogen) atoms. The molecular weight excluding hydrogens is 252 g/mol. The molecule has 2 N–H and O–H groups in total. The maximum atomic E-state index is 11.7. The van der Waals surface area contributed by atoms with E-state index in [1.807, 2.05) is 0 Å². The number of nitrogens with zero attached hydrogens (tertiary/aromatic N) is 1. The zero-order chi connectivity index (χ0) is 13.4. The van der Waals surface area contributed by atoms with Crippen LogP contribution in [0.15, 0.2) is 29.2 Å².